The number of para-hydroxylation sites is 1. The molecule has 164 valence electrons. The monoisotopic (exact) mass is 403 g/mol. The maximum atomic E-state index is 12.4. The Morgan fingerprint density at radius 1 is 0.862 bits per heavy atom. The molecule has 0 aliphatic heterocycles. The first-order valence-corrected chi connectivity index (χ1v) is 11.4. The number of rotatable bonds is 14. The minimum atomic E-state index is -0.446. The minimum absolute atomic E-state index is 0.235. The fraction of sp³-hybridized carbons (Fsp3) is 0.680. The van der Waals surface area contributed by atoms with Crippen LogP contribution in [0.3, 0.4) is 0 Å². The van der Waals surface area contributed by atoms with Crippen molar-refractivity contribution in [2.45, 2.75) is 104 Å². The minimum Gasteiger partial charge on any atom is -0.465 e. The summed E-state index contributed by atoms with van der Waals surface area (Å²) in [6.07, 6.45) is 9.35. The topological polar surface area (TPSA) is 55.4 Å². The number of hydrogen-bond acceptors (Lipinski definition) is 3. The highest BCUT2D eigenvalue weighted by Crippen LogP contribution is 2.32. The van der Waals surface area contributed by atoms with Crippen LogP contribution in [0.5, 0.6) is 0 Å². The maximum Gasteiger partial charge on any atom is 0.315 e. The predicted octanol–water partition coefficient (Wildman–Crippen LogP) is 6.95. The summed E-state index contributed by atoms with van der Waals surface area (Å²) in [5.41, 5.74) is 3.03. The number of unbranched alkanes of at least 4 members (excludes halogenated alkanes) is 7. The van der Waals surface area contributed by atoms with Gasteiger partial charge in [-0.2, -0.15) is 0 Å². The van der Waals surface area contributed by atoms with Crippen molar-refractivity contribution in [2.24, 2.45) is 0 Å². The second-order valence-corrected chi connectivity index (χ2v) is 8.54. The molecule has 0 radical (unpaired) electrons. The van der Waals surface area contributed by atoms with E-state index in [0.29, 0.717) is 6.61 Å². The second-order valence-electron chi connectivity index (χ2n) is 8.54. The Kier molecular flexibility index (Phi) is 12.3. The van der Waals surface area contributed by atoms with Crippen LogP contribution >= 0.6 is 0 Å². The third kappa shape index (κ3) is 9.96. The number of carbonyl (C=O) groups excluding carboxylic acids is 2. The van der Waals surface area contributed by atoms with E-state index in [1.54, 1.807) is 0 Å². The van der Waals surface area contributed by atoms with Crippen molar-refractivity contribution in [3.63, 3.8) is 0 Å². The molecule has 0 fully saturated rings. The third-order valence-electron chi connectivity index (χ3n) is 5.20. The van der Waals surface area contributed by atoms with E-state index < -0.39 is 5.97 Å². The highest BCUT2D eigenvalue weighted by atomic mass is 16.5. The summed E-state index contributed by atoms with van der Waals surface area (Å²) in [4.78, 5) is 24.4. The largest absolute Gasteiger partial charge is 0.465 e. The van der Waals surface area contributed by atoms with E-state index in [1.165, 1.54) is 38.5 Å². The van der Waals surface area contributed by atoms with Gasteiger partial charge in [-0.25, -0.2) is 0 Å². The lowest BCUT2D eigenvalue weighted by Gasteiger charge is -2.20. The molecule has 1 aromatic carbocycles. The molecular weight excluding hydrogens is 362 g/mol. The van der Waals surface area contributed by atoms with E-state index in [1.807, 2.05) is 18.2 Å². The number of esters is 1. The molecule has 0 aromatic heterocycles. The SMILES string of the molecule is CCCCCCCCCCOC(=O)CC(=O)Nc1c(C(C)C)cccc1C(C)C. The molecule has 0 saturated carbocycles. The molecule has 0 aliphatic carbocycles. The van der Waals surface area contributed by atoms with Crippen LogP contribution in [0, 0.1) is 0 Å². The van der Waals surface area contributed by atoms with Gasteiger partial charge in [0.25, 0.3) is 0 Å². The first-order valence-electron chi connectivity index (χ1n) is 11.4. The highest BCUT2D eigenvalue weighted by molar-refractivity contribution is 6.02. The van der Waals surface area contributed by atoms with Gasteiger partial charge >= 0.3 is 5.97 Å². The zero-order valence-electron chi connectivity index (χ0n) is 19.2. The fourth-order valence-electron chi connectivity index (χ4n) is 3.48. The number of benzene rings is 1. The van der Waals surface area contributed by atoms with Crippen LogP contribution in [0.4, 0.5) is 5.69 Å². The summed E-state index contributed by atoms with van der Waals surface area (Å²) in [6, 6.07) is 6.10. The number of carbonyl (C=O) groups is 2. The second kappa shape index (κ2) is 14.2. The fourth-order valence-corrected chi connectivity index (χ4v) is 3.48. The van der Waals surface area contributed by atoms with Crippen LogP contribution < -0.4 is 5.32 Å². The van der Waals surface area contributed by atoms with Gasteiger partial charge in [0.05, 0.1) is 6.61 Å². The summed E-state index contributed by atoms with van der Waals surface area (Å²) in [6.45, 7) is 11.0. The Labute approximate surface area is 177 Å². The van der Waals surface area contributed by atoms with Crippen LogP contribution in [-0.2, 0) is 14.3 Å². The van der Waals surface area contributed by atoms with E-state index in [0.717, 1.165) is 29.7 Å². The van der Waals surface area contributed by atoms with Crippen LogP contribution in [0.15, 0.2) is 18.2 Å². The molecule has 0 heterocycles. The van der Waals surface area contributed by atoms with E-state index in [2.05, 4.69) is 39.9 Å². The molecule has 0 atom stereocenters. The van der Waals surface area contributed by atoms with Crippen molar-refractivity contribution in [3.05, 3.63) is 29.3 Å². The Balaban J connectivity index is 2.39. The van der Waals surface area contributed by atoms with Crippen molar-refractivity contribution in [2.75, 3.05) is 11.9 Å². The Hall–Kier alpha value is -1.84. The van der Waals surface area contributed by atoms with Crippen molar-refractivity contribution in [1.29, 1.82) is 0 Å². The van der Waals surface area contributed by atoms with Gasteiger partial charge in [0.1, 0.15) is 6.42 Å². The molecule has 0 unspecified atom stereocenters. The number of nitrogens with one attached hydrogen (secondary N) is 1. The number of hydrogen-bond donors (Lipinski definition) is 1. The molecule has 1 rings (SSSR count). The average molecular weight is 404 g/mol. The van der Waals surface area contributed by atoms with Gasteiger partial charge in [-0.15, -0.1) is 0 Å². The molecular formula is C25H41NO3. The molecule has 0 spiro atoms. The van der Waals surface area contributed by atoms with Gasteiger partial charge in [-0.3, -0.25) is 9.59 Å². The van der Waals surface area contributed by atoms with Gasteiger partial charge < -0.3 is 10.1 Å². The molecule has 1 amide bonds. The van der Waals surface area contributed by atoms with Crippen molar-refractivity contribution in [1.82, 2.24) is 0 Å². The molecule has 4 nitrogen and oxygen atoms in total. The van der Waals surface area contributed by atoms with Crippen LogP contribution in [0.2, 0.25) is 0 Å². The smallest absolute Gasteiger partial charge is 0.315 e. The summed E-state index contributed by atoms with van der Waals surface area (Å²) in [5.74, 6) is -0.171. The standard InChI is InChI=1S/C25H41NO3/c1-6-7-8-9-10-11-12-13-17-29-24(28)18-23(27)26-25-21(19(2)3)15-14-16-22(25)20(4)5/h14-16,19-20H,6-13,17-18H2,1-5H3,(H,26,27). The molecule has 0 bridgehead atoms. The zero-order chi connectivity index (χ0) is 21.6. The zero-order valence-corrected chi connectivity index (χ0v) is 19.2. The van der Waals surface area contributed by atoms with Gasteiger partial charge in [0.2, 0.25) is 5.91 Å². The summed E-state index contributed by atoms with van der Waals surface area (Å²) in [5, 5.41) is 2.97. The Bertz CT molecular complexity index is 596. The average Bonchev–Trinajstić information content (AvgIpc) is 2.66. The van der Waals surface area contributed by atoms with E-state index in [-0.39, 0.29) is 24.2 Å². The Morgan fingerprint density at radius 3 is 1.90 bits per heavy atom. The Morgan fingerprint density at radius 2 is 1.38 bits per heavy atom. The van der Waals surface area contributed by atoms with Crippen LogP contribution in [-0.4, -0.2) is 18.5 Å². The predicted molar refractivity (Wildman–Crippen MR) is 121 cm³/mol. The van der Waals surface area contributed by atoms with Gasteiger partial charge in [-0.05, 0) is 29.4 Å². The molecule has 0 aliphatic rings. The van der Waals surface area contributed by atoms with Crippen molar-refractivity contribution >= 4 is 17.6 Å². The van der Waals surface area contributed by atoms with Crippen LogP contribution in [0.1, 0.15) is 115 Å². The lowest BCUT2D eigenvalue weighted by atomic mass is 9.92. The van der Waals surface area contributed by atoms with Gasteiger partial charge in [0, 0.05) is 5.69 Å². The van der Waals surface area contributed by atoms with Gasteiger partial charge in [-0.1, -0.05) is 97.8 Å². The van der Waals surface area contributed by atoms with E-state index >= 15 is 0 Å². The van der Waals surface area contributed by atoms with E-state index in [9.17, 15) is 9.59 Å². The molecule has 0 saturated heterocycles. The summed E-state index contributed by atoms with van der Waals surface area (Å²) >= 11 is 0. The normalized spacial score (nSPS) is 11.1. The third-order valence-corrected chi connectivity index (χ3v) is 5.20. The summed E-state index contributed by atoms with van der Waals surface area (Å²) in [7, 11) is 0. The number of ether oxygens (including phenoxy) is 1. The van der Waals surface area contributed by atoms with Crippen LogP contribution in [0.25, 0.3) is 0 Å². The van der Waals surface area contributed by atoms with E-state index in [4.69, 9.17) is 4.74 Å². The van der Waals surface area contributed by atoms with Crippen molar-refractivity contribution < 1.29 is 14.3 Å². The molecule has 1 aromatic rings. The first-order chi connectivity index (χ1) is 13.9. The molecule has 29 heavy (non-hydrogen) atoms. The number of anilines is 1. The maximum absolute atomic E-state index is 12.4. The highest BCUT2D eigenvalue weighted by Gasteiger charge is 2.18. The van der Waals surface area contributed by atoms with Gasteiger partial charge in [0.15, 0.2) is 0 Å². The lowest BCUT2D eigenvalue weighted by molar-refractivity contribution is -0.145. The molecule has 1 N–H and O–H groups in total. The summed E-state index contributed by atoms with van der Waals surface area (Å²) < 4.78 is 5.25. The first kappa shape index (κ1) is 25.2. The molecule has 4 heteroatoms. The lowest BCUT2D eigenvalue weighted by Crippen LogP contribution is -2.20. The number of amides is 1. The quantitative estimate of drug-likeness (QED) is 0.208. The van der Waals surface area contributed by atoms with Crippen molar-refractivity contribution in [3.8, 4) is 0 Å².